The molecule has 0 radical (unpaired) electrons. The van der Waals surface area contributed by atoms with Gasteiger partial charge in [0.15, 0.2) is 0 Å². The Labute approximate surface area is 140 Å². The zero-order chi connectivity index (χ0) is 16.7. The third-order valence-electron chi connectivity index (χ3n) is 3.31. The maximum atomic E-state index is 11.9. The van der Waals surface area contributed by atoms with Crippen LogP contribution in [0.3, 0.4) is 0 Å². The summed E-state index contributed by atoms with van der Waals surface area (Å²) in [5, 5.41) is 3.44. The van der Waals surface area contributed by atoms with Gasteiger partial charge in [-0.25, -0.2) is 10.2 Å². The van der Waals surface area contributed by atoms with Crippen LogP contribution in [-0.2, 0) is 0 Å². The largest absolute Gasteiger partial charge is 0.333 e. The third-order valence-corrected chi connectivity index (χ3v) is 3.56. The summed E-state index contributed by atoms with van der Waals surface area (Å²) in [7, 11) is 0. The van der Waals surface area contributed by atoms with Crippen molar-refractivity contribution >= 4 is 23.5 Å². The van der Waals surface area contributed by atoms with Gasteiger partial charge in [-0.05, 0) is 36.2 Å². The summed E-state index contributed by atoms with van der Waals surface area (Å²) in [6.07, 6.45) is 0.710. The highest BCUT2D eigenvalue weighted by Gasteiger charge is 2.13. The Balaban J connectivity index is 1.88. The summed E-state index contributed by atoms with van der Waals surface area (Å²) < 4.78 is 0. The molecular weight excluding hydrogens is 314 g/mol. The van der Waals surface area contributed by atoms with Crippen LogP contribution in [0.4, 0.5) is 4.79 Å². The number of hydrazine groups is 1. The summed E-state index contributed by atoms with van der Waals surface area (Å²) in [6.45, 7) is 1.96. The number of hydrogen-bond acceptors (Lipinski definition) is 2. The molecule has 23 heavy (non-hydrogen) atoms. The number of hydrogen-bond donors (Lipinski definition) is 3. The van der Waals surface area contributed by atoms with Gasteiger partial charge in [-0.3, -0.25) is 10.2 Å². The van der Waals surface area contributed by atoms with Crippen molar-refractivity contribution in [2.45, 2.75) is 19.4 Å². The molecule has 1 unspecified atom stereocenters. The molecular formula is C17H18ClN3O2. The van der Waals surface area contributed by atoms with E-state index in [4.69, 9.17) is 11.6 Å². The van der Waals surface area contributed by atoms with Gasteiger partial charge >= 0.3 is 6.03 Å². The van der Waals surface area contributed by atoms with Crippen molar-refractivity contribution in [3.05, 3.63) is 70.7 Å². The minimum absolute atomic E-state index is 0.166. The standard InChI is InChI=1S/C17H18ClN3O2/c1-2-15(12-8-10-14(18)11-9-12)19-17(23)21-20-16(22)13-6-4-3-5-7-13/h3-11,15H,2H2,1H3,(H,20,22)(H2,19,21,23). The SMILES string of the molecule is CCC(NC(=O)NNC(=O)c1ccccc1)c1ccc(Cl)cc1. The van der Waals surface area contributed by atoms with Gasteiger partial charge in [-0.2, -0.15) is 0 Å². The maximum Gasteiger partial charge on any atom is 0.333 e. The molecule has 1 atom stereocenters. The number of benzene rings is 2. The van der Waals surface area contributed by atoms with E-state index < -0.39 is 6.03 Å². The molecule has 0 bridgehead atoms. The van der Waals surface area contributed by atoms with Crippen LogP contribution in [0.5, 0.6) is 0 Å². The van der Waals surface area contributed by atoms with E-state index in [-0.39, 0.29) is 11.9 Å². The number of urea groups is 1. The Morgan fingerprint density at radius 2 is 1.65 bits per heavy atom. The lowest BCUT2D eigenvalue weighted by atomic mass is 10.1. The van der Waals surface area contributed by atoms with Crippen molar-refractivity contribution < 1.29 is 9.59 Å². The summed E-state index contributed by atoms with van der Waals surface area (Å²) >= 11 is 5.86. The molecule has 0 saturated carbocycles. The molecule has 3 N–H and O–H groups in total. The number of nitrogens with one attached hydrogen (secondary N) is 3. The fourth-order valence-electron chi connectivity index (χ4n) is 2.09. The highest BCUT2D eigenvalue weighted by molar-refractivity contribution is 6.30. The van der Waals surface area contributed by atoms with Crippen LogP contribution < -0.4 is 16.2 Å². The second kappa shape index (κ2) is 8.19. The minimum Gasteiger partial charge on any atom is -0.330 e. The van der Waals surface area contributed by atoms with Gasteiger partial charge in [0, 0.05) is 10.6 Å². The first-order chi connectivity index (χ1) is 11.1. The van der Waals surface area contributed by atoms with E-state index in [1.165, 1.54) is 0 Å². The van der Waals surface area contributed by atoms with Crippen LogP contribution in [0.15, 0.2) is 54.6 Å². The van der Waals surface area contributed by atoms with Crippen molar-refractivity contribution in [1.82, 2.24) is 16.2 Å². The lowest BCUT2D eigenvalue weighted by Crippen LogP contribution is -2.47. The van der Waals surface area contributed by atoms with Gasteiger partial charge in [0.2, 0.25) is 0 Å². The molecule has 0 aliphatic carbocycles. The summed E-state index contributed by atoms with van der Waals surface area (Å²) in [5.74, 6) is -0.375. The number of carbonyl (C=O) groups excluding carboxylic acids is 2. The topological polar surface area (TPSA) is 70.2 Å². The Morgan fingerprint density at radius 3 is 2.26 bits per heavy atom. The first-order valence-corrected chi connectivity index (χ1v) is 7.65. The highest BCUT2D eigenvalue weighted by atomic mass is 35.5. The second-order valence-corrected chi connectivity index (χ2v) is 5.37. The van der Waals surface area contributed by atoms with E-state index in [2.05, 4.69) is 16.2 Å². The van der Waals surface area contributed by atoms with Gasteiger partial charge in [0.25, 0.3) is 5.91 Å². The first-order valence-electron chi connectivity index (χ1n) is 7.27. The smallest absolute Gasteiger partial charge is 0.330 e. The van der Waals surface area contributed by atoms with Crippen molar-refractivity contribution in [2.75, 3.05) is 0 Å². The van der Waals surface area contributed by atoms with Crippen molar-refractivity contribution in [3.63, 3.8) is 0 Å². The van der Waals surface area contributed by atoms with Crippen LogP contribution >= 0.6 is 11.6 Å². The number of carbonyl (C=O) groups is 2. The van der Waals surface area contributed by atoms with Crippen LogP contribution in [0, 0.1) is 0 Å². The molecule has 0 aliphatic rings. The van der Waals surface area contributed by atoms with E-state index in [1.807, 2.05) is 25.1 Å². The summed E-state index contributed by atoms with van der Waals surface area (Å²) in [6, 6.07) is 15.3. The predicted octanol–water partition coefficient (Wildman–Crippen LogP) is 3.44. The van der Waals surface area contributed by atoms with Crippen molar-refractivity contribution in [1.29, 1.82) is 0 Å². The molecule has 0 heterocycles. The molecule has 2 aromatic carbocycles. The van der Waals surface area contributed by atoms with Gasteiger partial charge < -0.3 is 5.32 Å². The molecule has 0 aromatic heterocycles. The zero-order valence-electron chi connectivity index (χ0n) is 12.7. The Hall–Kier alpha value is -2.53. The van der Waals surface area contributed by atoms with E-state index in [0.29, 0.717) is 17.0 Å². The molecule has 5 nitrogen and oxygen atoms in total. The maximum absolute atomic E-state index is 11.9. The van der Waals surface area contributed by atoms with Crippen LogP contribution in [-0.4, -0.2) is 11.9 Å². The Bertz CT molecular complexity index is 659. The lowest BCUT2D eigenvalue weighted by molar-refractivity contribution is 0.0936. The van der Waals surface area contributed by atoms with E-state index >= 15 is 0 Å². The first kappa shape index (κ1) is 16.8. The molecule has 0 spiro atoms. The van der Waals surface area contributed by atoms with Crippen molar-refractivity contribution in [3.8, 4) is 0 Å². The zero-order valence-corrected chi connectivity index (χ0v) is 13.4. The Kier molecular flexibility index (Phi) is 6.00. The normalized spacial score (nSPS) is 11.4. The highest BCUT2D eigenvalue weighted by Crippen LogP contribution is 2.18. The molecule has 120 valence electrons. The van der Waals surface area contributed by atoms with Crippen molar-refractivity contribution in [2.24, 2.45) is 0 Å². The monoisotopic (exact) mass is 331 g/mol. The number of rotatable bonds is 4. The fraction of sp³-hybridized carbons (Fsp3) is 0.176. The average Bonchev–Trinajstić information content (AvgIpc) is 2.59. The average molecular weight is 332 g/mol. The van der Waals surface area contributed by atoms with Gasteiger partial charge in [0.05, 0.1) is 6.04 Å². The summed E-state index contributed by atoms with van der Waals surface area (Å²) in [4.78, 5) is 23.8. The van der Waals surface area contributed by atoms with Crippen LogP contribution in [0.25, 0.3) is 0 Å². The molecule has 0 aliphatic heterocycles. The van der Waals surface area contributed by atoms with Gasteiger partial charge in [-0.1, -0.05) is 48.9 Å². The van der Waals surface area contributed by atoms with E-state index in [0.717, 1.165) is 5.56 Å². The van der Waals surface area contributed by atoms with E-state index in [9.17, 15) is 9.59 Å². The quantitative estimate of drug-likeness (QED) is 0.751. The predicted molar refractivity (Wildman–Crippen MR) is 90.1 cm³/mol. The molecule has 6 heteroatoms. The van der Waals surface area contributed by atoms with Crippen LogP contribution in [0.2, 0.25) is 5.02 Å². The fourth-order valence-corrected chi connectivity index (χ4v) is 2.21. The molecule has 2 rings (SSSR count). The molecule has 0 saturated heterocycles. The third kappa shape index (κ3) is 5.00. The second-order valence-electron chi connectivity index (χ2n) is 4.93. The number of amides is 3. The van der Waals surface area contributed by atoms with Gasteiger partial charge in [0.1, 0.15) is 0 Å². The molecule has 3 amide bonds. The summed E-state index contributed by atoms with van der Waals surface area (Å²) in [5.41, 5.74) is 6.13. The molecule has 2 aromatic rings. The van der Waals surface area contributed by atoms with Gasteiger partial charge in [-0.15, -0.1) is 0 Å². The lowest BCUT2D eigenvalue weighted by Gasteiger charge is -2.18. The van der Waals surface area contributed by atoms with E-state index in [1.54, 1.807) is 36.4 Å². The minimum atomic E-state index is -0.476. The number of halogens is 1. The molecule has 0 fully saturated rings. The Morgan fingerprint density at radius 1 is 1.00 bits per heavy atom. The van der Waals surface area contributed by atoms with Crippen LogP contribution in [0.1, 0.15) is 35.3 Å².